The van der Waals surface area contributed by atoms with Gasteiger partial charge < -0.3 is 10.5 Å². The molecule has 0 saturated heterocycles. The molecule has 94 valence electrons. The summed E-state index contributed by atoms with van der Waals surface area (Å²) in [5.74, 6) is 0.792. The second kappa shape index (κ2) is 5.85. The molecule has 0 fully saturated rings. The molecular formula is C14H15ClN2O. The fourth-order valence-corrected chi connectivity index (χ4v) is 1.84. The van der Waals surface area contributed by atoms with Gasteiger partial charge in [-0.05, 0) is 19.1 Å². The molecule has 0 aliphatic heterocycles. The molecule has 1 atom stereocenters. The molecule has 2 N–H and O–H groups in total. The Hall–Kier alpha value is -1.58. The van der Waals surface area contributed by atoms with Crippen molar-refractivity contribution in [3.8, 4) is 5.75 Å². The molecule has 1 unspecified atom stereocenters. The van der Waals surface area contributed by atoms with Gasteiger partial charge in [-0.3, -0.25) is 4.98 Å². The Morgan fingerprint density at radius 3 is 2.83 bits per heavy atom. The molecule has 2 rings (SSSR count). The molecule has 0 spiro atoms. The van der Waals surface area contributed by atoms with Crippen LogP contribution in [0, 0.1) is 0 Å². The van der Waals surface area contributed by atoms with Crippen LogP contribution in [0.2, 0.25) is 5.02 Å². The van der Waals surface area contributed by atoms with E-state index in [1.54, 1.807) is 12.4 Å². The highest BCUT2D eigenvalue weighted by atomic mass is 35.5. The lowest BCUT2D eigenvalue weighted by molar-refractivity contribution is 0.301. The standard InChI is InChI=1S/C14H15ClN2O/c1-10(16)12-4-2-3-5-14(12)18-9-11-6-7-17-8-13(11)15/h2-8,10H,9,16H2,1H3. The summed E-state index contributed by atoms with van der Waals surface area (Å²) in [5, 5.41) is 0.607. The van der Waals surface area contributed by atoms with Gasteiger partial charge in [0.15, 0.2) is 0 Å². The smallest absolute Gasteiger partial charge is 0.124 e. The summed E-state index contributed by atoms with van der Waals surface area (Å²) in [7, 11) is 0. The van der Waals surface area contributed by atoms with Crippen molar-refractivity contribution in [3.63, 3.8) is 0 Å². The van der Waals surface area contributed by atoms with Crippen LogP contribution in [-0.4, -0.2) is 4.98 Å². The fourth-order valence-electron chi connectivity index (χ4n) is 1.66. The monoisotopic (exact) mass is 262 g/mol. The Labute approximate surface area is 112 Å². The van der Waals surface area contributed by atoms with E-state index in [9.17, 15) is 0 Å². The third-order valence-electron chi connectivity index (χ3n) is 2.65. The quantitative estimate of drug-likeness (QED) is 0.919. The van der Waals surface area contributed by atoms with E-state index < -0.39 is 0 Å². The normalized spacial score (nSPS) is 12.2. The number of hydrogen-bond acceptors (Lipinski definition) is 3. The molecule has 0 aliphatic carbocycles. The Balaban J connectivity index is 2.14. The second-order valence-corrected chi connectivity index (χ2v) is 4.49. The SMILES string of the molecule is CC(N)c1ccccc1OCc1ccncc1Cl. The first-order valence-corrected chi connectivity index (χ1v) is 6.12. The maximum absolute atomic E-state index is 6.03. The van der Waals surface area contributed by atoms with Crippen LogP contribution >= 0.6 is 11.6 Å². The van der Waals surface area contributed by atoms with Crippen molar-refractivity contribution in [2.75, 3.05) is 0 Å². The van der Waals surface area contributed by atoms with Gasteiger partial charge in [0.05, 0.1) is 5.02 Å². The zero-order valence-electron chi connectivity index (χ0n) is 10.1. The summed E-state index contributed by atoms with van der Waals surface area (Å²) in [4.78, 5) is 3.94. The van der Waals surface area contributed by atoms with Crippen molar-refractivity contribution in [3.05, 3.63) is 58.9 Å². The van der Waals surface area contributed by atoms with Gasteiger partial charge in [-0.15, -0.1) is 0 Å². The third kappa shape index (κ3) is 3.00. The van der Waals surface area contributed by atoms with E-state index in [0.717, 1.165) is 16.9 Å². The Kier molecular flexibility index (Phi) is 4.18. The lowest BCUT2D eigenvalue weighted by atomic mass is 10.1. The highest BCUT2D eigenvalue weighted by Gasteiger charge is 2.08. The molecule has 1 aromatic carbocycles. The van der Waals surface area contributed by atoms with Crippen molar-refractivity contribution >= 4 is 11.6 Å². The van der Waals surface area contributed by atoms with Crippen LogP contribution in [0.25, 0.3) is 0 Å². The minimum atomic E-state index is -0.0610. The molecule has 0 bridgehead atoms. The molecule has 2 aromatic rings. The lowest BCUT2D eigenvalue weighted by Gasteiger charge is -2.14. The summed E-state index contributed by atoms with van der Waals surface area (Å²) in [6.07, 6.45) is 3.31. The van der Waals surface area contributed by atoms with E-state index in [4.69, 9.17) is 22.1 Å². The molecule has 0 saturated carbocycles. The van der Waals surface area contributed by atoms with Crippen LogP contribution in [0.4, 0.5) is 0 Å². The van der Waals surface area contributed by atoms with Crippen molar-refractivity contribution in [2.45, 2.75) is 19.6 Å². The number of pyridine rings is 1. The predicted octanol–water partition coefficient (Wildman–Crippen LogP) is 3.33. The molecule has 0 aliphatic rings. The van der Waals surface area contributed by atoms with Crippen LogP contribution in [0.15, 0.2) is 42.7 Å². The van der Waals surface area contributed by atoms with Crippen LogP contribution in [0.5, 0.6) is 5.75 Å². The number of aromatic nitrogens is 1. The number of ether oxygens (including phenoxy) is 1. The van der Waals surface area contributed by atoms with E-state index in [-0.39, 0.29) is 6.04 Å². The summed E-state index contributed by atoms with van der Waals surface area (Å²) < 4.78 is 5.77. The summed E-state index contributed by atoms with van der Waals surface area (Å²) >= 11 is 6.03. The highest BCUT2D eigenvalue weighted by Crippen LogP contribution is 2.25. The van der Waals surface area contributed by atoms with Gasteiger partial charge in [-0.25, -0.2) is 0 Å². The molecule has 0 amide bonds. The Bertz CT molecular complexity index is 529. The number of nitrogens with two attached hydrogens (primary N) is 1. The first kappa shape index (κ1) is 12.9. The van der Waals surface area contributed by atoms with Gasteiger partial charge in [0.1, 0.15) is 12.4 Å². The van der Waals surface area contributed by atoms with Gasteiger partial charge in [0.25, 0.3) is 0 Å². The number of hydrogen-bond donors (Lipinski definition) is 1. The van der Waals surface area contributed by atoms with Gasteiger partial charge in [-0.1, -0.05) is 29.8 Å². The average molecular weight is 263 g/mol. The van der Waals surface area contributed by atoms with Crippen molar-refractivity contribution < 1.29 is 4.74 Å². The lowest BCUT2D eigenvalue weighted by Crippen LogP contribution is -2.08. The minimum Gasteiger partial charge on any atom is -0.489 e. The summed E-state index contributed by atoms with van der Waals surface area (Å²) in [5.41, 5.74) is 7.79. The molecule has 0 radical (unpaired) electrons. The molecule has 1 aromatic heterocycles. The van der Waals surface area contributed by atoms with E-state index in [1.807, 2.05) is 37.3 Å². The third-order valence-corrected chi connectivity index (χ3v) is 2.99. The first-order chi connectivity index (χ1) is 8.68. The van der Waals surface area contributed by atoms with Gasteiger partial charge >= 0.3 is 0 Å². The average Bonchev–Trinajstić information content (AvgIpc) is 2.38. The number of nitrogens with zero attached hydrogens (tertiary/aromatic N) is 1. The summed E-state index contributed by atoms with van der Waals surface area (Å²) in [6.45, 7) is 2.34. The number of para-hydroxylation sites is 1. The van der Waals surface area contributed by atoms with Crippen LogP contribution in [0.3, 0.4) is 0 Å². The van der Waals surface area contributed by atoms with Crippen molar-refractivity contribution in [1.29, 1.82) is 0 Å². The van der Waals surface area contributed by atoms with Crippen LogP contribution < -0.4 is 10.5 Å². The molecule has 4 heteroatoms. The molecule has 1 heterocycles. The van der Waals surface area contributed by atoms with Crippen molar-refractivity contribution in [1.82, 2.24) is 4.98 Å². The van der Waals surface area contributed by atoms with Crippen molar-refractivity contribution in [2.24, 2.45) is 5.73 Å². The van der Waals surface area contributed by atoms with E-state index in [0.29, 0.717) is 11.6 Å². The Morgan fingerprint density at radius 2 is 2.11 bits per heavy atom. The number of rotatable bonds is 4. The highest BCUT2D eigenvalue weighted by molar-refractivity contribution is 6.31. The van der Waals surface area contributed by atoms with E-state index in [1.165, 1.54) is 0 Å². The Morgan fingerprint density at radius 1 is 1.33 bits per heavy atom. The number of halogens is 1. The first-order valence-electron chi connectivity index (χ1n) is 5.74. The molecular weight excluding hydrogens is 248 g/mol. The largest absolute Gasteiger partial charge is 0.489 e. The van der Waals surface area contributed by atoms with Gasteiger partial charge in [0.2, 0.25) is 0 Å². The van der Waals surface area contributed by atoms with Gasteiger partial charge in [0, 0.05) is 29.6 Å². The predicted molar refractivity (Wildman–Crippen MR) is 72.6 cm³/mol. The molecule has 18 heavy (non-hydrogen) atoms. The van der Waals surface area contributed by atoms with Gasteiger partial charge in [-0.2, -0.15) is 0 Å². The van der Waals surface area contributed by atoms with Crippen LogP contribution in [0.1, 0.15) is 24.1 Å². The zero-order valence-corrected chi connectivity index (χ0v) is 10.9. The summed E-state index contributed by atoms with van der Waals surface area (Å²) in [6, 6.07) is 9.54. The fraction of sp³-hybridized carbons (Fsp3) is 0.214. The zero-order chi connectivity index (χ0) is 13.0. The number of benzene rings is 1. The van der Waals surface area contributed by atoms with Crippen LogP contribution in [-0.2, 0) is 6.61 Å². The van der Waals surface area contributed by atoms with E-state index in [2.05, 4.69) is 4.98 Å². The topological polar surface area (TPSA) is 48.1 Å². The maximum atomic E-state index is 6.03. The second-order valence-electron chi connectivity index (χ2n) is 4.08. The maximum Gasteiger partial charge on any atom is 0.124 e. The minimum absolute atomic E-state index is 0.0610. The molecule has 3 nitrogen and oxygen atoms in total. The van der Waals surface area contributed by atoms with E-state index >= 15 is 0 Å².